The Morgan fingerprint density at radius 2 is 1.68 bits per heavy atom. The molecule has 9 N–H and O–H groups in total. The molecule has 10 atom stereocenters. The second-order valence-electron chi connectivity index (χ2n) is 6.63. The lowest BCUT2D eigenvalue weighted by Crippen LogP contribution is -2.71. The molecule has 2 rings (SSSR count). The predicted molar refractivity (Wildman–Crippen MR) is 80.2 cm³/mol. The van der Waals surface area contributed by atoms with Gasteiger partial charge in [-0.1, -0.05) is 0 Å². The van der Waals surface area contributed by atoms with Gasteiger partial charge in [0.1, 0.15) is 36.1 Å². The molecule has 1 aliphatic carbocycles. The molecule has 148 valence electrons. The smallest absolute Gasteiger partial charge is 0.186 e. The molecule has 11 nitrogen and oxygen atoms in total. The van der Waals surface area contributed by atoms with Crippen molar-refractivity contribution in [2.24, 2.45) is 0 Å². The van der Waals surface area contributed by atoms with Crippen LogP contribution in [0.15, 0.2) is 0 Å². The number of aliphatic hydroxyl groups is 8. The van der Waals surface area contributed by atoms with E-state index >= 15 is 0 Å². The number of hydrogen-bond donors (Lipinski definition) is 9. The highest BCUT2D eigenvalue weighted by molar-refractivity contribution is 5.07. The molecule has 0 aromatic carbocycles. The van der Waals surface area contributed by atoms with E-state index in [0.717, 1.165) is 0 Å². The number of nitrogens with one attached hydrogen (secondary N) is 1. The van der Waals surface area contributed by atoms with E-state index in [2.05, 4.69) is 5.32 Å². The Balaban J connectivity index is 2.18. The van der Waals surface area contributed by atoms with Crippen molar-refractivity contribution in [1.29, 1.82) is 0 Å². The van der Waals surface area contributed by atoms with Crippen LogP contribution in [0.2, 0.25) is 0 Å². The van der Waals surface area contributed by atoms with Gasteiger partial charge < -0.3 is 55.6 Å². The van der Waals surface area contributed by atoms with Crippen molar-refractivity contribution in [3.63, 3.8) is 0 Å². The van der Waals surface area contributed by atoms with E-state index < -0.39 is 73.8 Å². The summed E-state index contributed by atoms with van der Waals surface area (Å²) < 4.78 is 10.2. The maximum absolute atomic E-state index is 10.3. The van der Waals surface area contributed by atoms with Crippen LogP contribution >= 0.6 is 0 Å². The standard InChI is InChI=1S/C14H27NO10/c1-24-13-11(21)9(19)7(6(3-16)25-13)15-5-2-14(23,4-17)12(22)10(20)8(5)18/h5-13,15-23H,2-4H2,1H3/t5-,6+,7-,8-,9-,10+,11+,12-,13-,14-/m0/s1. The lowest BCUT2D eigenvalue weighted by atomic mass is 9.76. The molecule has 1 saturated heterocycles. The third-order valence-corrected chi connectivity index (χ3v) is 5.01. The second-order valence-corrected chi connectivity index (χ2v) is 6.63. The van der Waals surface area contributed by atoms with Crippen LogP contribution < -0.4 is 5.32 Å². The Morgan fingerprint density at radius 3 is 2.20 bits per heavy atom. The van der Waals surface area contributed by atoms with E-state index in [-0.39, 0.29) is 6.42 Å². The quantitative estimate of drug-likeness (QED) is 0.225. The minimum absolute atomic E-state index is 0.353. The van der Waals surface area contributed by atoms with Crippen LogP contribution in [0.25, 0.3) is 0 Å². The molecule has 0 bridgehead atoms. The second kappa shape index (κ2) is 8.06. The van der Waals surface area contributed by atoms with E-state index in [4.69, 9.17) is 9.47 Å². The summed E-state index contributed by atoms with van der Waals surface area (Å²) in [4.78, 5) is 0. The van der Waals surface area contributed by atoms with Crippen molar-refractivity contribution < 1.29 is 50.3 Å². The summed E-state index contributed by atoms with van der Waals surface area (Å²) in [5.74, 6) is 0. The van der Waals surface area contributed by atoms with Gasteiger partial charge in [0.25, 0.3) is 0 Å². The van der Waals surface area contributed by atoms with Gasteiger partial charge >= 0.3 is 0 Å². The zero-order valence-electron chi connectivity index (χ0n) is 13.7. The Labute approximate surface area is 144 Å². The van der Waals surface area contributed by atoms with Gasteiger partial charge in [-0.05, 0) is 6.42 Å². The van der Waals surface area contributed by atoms with Gasteiger partial charge in [-0.3, -0.25) is 0 Å². The fraction of sp³-hybridized carbons (Fsp3) is 1.00. The lowest BCUT2D eigenvalue weighted by Gasteiger charge is -2.49. The Bertz CT molecular complexity index is 440. The first kappa shape index (κ1) is 20.9. The van der Waals surface area contributed by atoms with Crippen molar-refractivity contribution in [2.45, 2.75) is 67.0 Å². The first-order valence-corrected chi connectivity index (χ1v) is 7.99. The van der Waals surface area contributed by atoms with Crippen molar-refractivity contribution in [3.8, 4) is 0 Å². The molecule has 0 amide bonds. The Hall–Kier alpha value is -0.440. The first-order chi connectivity index (χ1) is 11.7. The minimum atomic E-state index is -2.07. The topological polar surface area (TPSA) is 192 Å². The van der Waals surface area contributed by atoms with Crippen LogP contribution in [-0.2, 0) is 9.47 Å². The van der Waals surface area contributed by atoms with E-state index in [9.17, 15) is 40.9 Å². The van der Waals surface area contributed by atoms with Gasteiger partial charge in [-0.15, -0.1) is 0 Å². The number of methoxy groups -OCH3 is 1. The molecule has 1 heterocycles. The maximum Gasteiger partial charge on any atom is 0.186 e. The molecule has 0 aromatic rings. The van der Waals surface area contributed by atoms with E-state index in [0.29, 0.717) is 0 Å². The number of rotatable bonds is 5. The maximum atomic E-state index is 10.3. The molecule has 1 saturated carbocycles. The van der Waals surface area contributed by atoms with Crippen LogP contribution in [0.1, 0.15) is 6.42 Å². The van der Waals surface area contributed by atoms with Crippen LogP contribution in [-0.4, -0.2) is 122 Å². The molecular weight excluding hydrogens is 342 g/mol. The molecule has 0 radical (unpaired) electrons. The third kappa shape index (κ3) is 3.82. The van der Waals surface area contributed by atoms with E-state index in [1.54, 1.807) is 0 Å². The van der Waals surface area contributed by atoms with Gasteiger partial charge in [0, 0.05) is 13.2 Å². The Kier molecular flexibility index (Phi) is 6.73. The average Bonchev–Trinajstić information content (AvgIpc) is 2.61. The largest absolute Gasteiger partial charge is 0.394 e. The van der Waals surface area contributed by atoms with Gasteiger partial charge in [-0.2, -0.15) is 0 Å². The van der Waals surface area contributed by atoms with Gasteiger partial charge in [0.05, 0.1) is 25.4 Å². The summed E-state index contributed by atoms with van der Waals surface area (Å²) in [6.07, 6.45) is -10.5. The molecule has 11 heteroatoms. The summed E-state index contributed by atoms with van der Waals surface area (Å²) in [5, 5.41) is 81.9. The van der Waals surface area contributed by atoms with Crippen LogP contribution in [0.5, 0.6) is 0 Å². The highest BCUT2D eigenvalue weighted by Gasteiger charge is 2.53. The summed E-state index contributed by atoms with van der Waals surface area (Å²) in [6.45, 7) is -1.41. The van der Waals surface area contributed by atoms with E-state index in [1.807, 2.05) is 0 Å². The monoisotopic (exact) mass is 369 g/mol. The van der Waals surface area contributed by atoms with Crippen molar-refractivity contribution in [3.05, 3.63) is 0 Å². The predicted octanol–water partition coefficient (Wildman–Crippen LogP) is -5.39. The van der Waals surface area contributed by atoms with E-state index in [1.165, 1.54) is 7.11 Å². The van der Waals surface area contributed by atoms with Crippen molar-refractivity contribution >= 4 is 0 Å². The number of aliphatic hydroxyl groups excluding tert-OH is 7. The fourth-order valence-corrected chi connectivity index (χ4v) is 3.42. The molecule has 0 unspecified atom stereocenters. The molecule has 2 fully saturated rings. The first-order valence-electron chi connectivity index (χ1n) is 7.99. The third-order valence-electron chi connectivity index (χ3n) is 5.01. The molecule has 1 aliphatic heterocycles. The Morgan fingerprint density at radius 1 is 1.04 bits per heavy atom. The summed E-state index contributed by atoms with van der Waals surface area (Å²) in [6, 6.07) is -2.14. The van der Waals surface area contributed by atoms with Crippen LogP contribution in [0, 0.1) is 0 Å². The normalized spacial score (nSPS) is 51.5. The van der Waals surface area contributed by atoms with Gasteiger partial charge in [0.2, 0.25) is 0 Å². The zero-order chi connectivity index (χ0) is 18.9. The number of ether oxygens (including phenoxy) is 2. The summed E-state index contributed by atoms with van der Waals surface area (Å²) >= 11 is 0. The van der Waals surface area contributed by atoms with Crippen molar-refractivity contribution in [1.82, 2.24) is 5.32 Å². The van der Waals surface area contributed by atoms with Gasteiger partial charge in [-0.25, -0.2) is 0 Å². The van der Waals surface area contributed by atoms with Crippen LogP contribution in [0.3, 0.4) is 0 Å². The molecule has 2 aliphatic rings. The highest BCUT2D eigenvalue weighted by atomic mass is 16.7. The van der Waals surface area contributed by atoms with Crippen LogP contribution in [0.4, 0.5) is 0 Å². The minimum Gasteiger partial charge on any atom is -0.394 e. The van der Waals surface area contributed by atoms with Crippen molar-refractivity contribution in [2.75, 3.05) is 20.3 Å². The molecular formula is C14H27NO10. The fourth-order valence-electron chi connectivity index (χ4n) is 3.42. The average molecular weight is 369 g/mol. The zero-order valence-corrected chi connectivity index (χ0v) is 13.7. The SMILES string of the molecule is CO[C@H]1O[C@H](CO)[C@H](N[C@H]2C[C@](O)(CO)[C@@H](O)[C@H](O)[C@H]2O)[C@H](O)[C@H]1O. The highest BCUT2D eigenvalue weighted by Crippen LogP contribution is 2.31. The molecule has 0 aromatic heterocycles. The molecule has 25 heavy (non-hydrogen) atoms. The summed E-state index contributed by atoms with van der Waals surface area (Å²) in [5.41, 5.74) is -2.07. The lowest BCUT2D eigenvalue weighted by molar-refractivity contribution is -0.275. The molecule has 0 spiro atoms. The summed E-state index contributed by atoms with van der Waals surface area (Å²) in [7, 11) is 1.26. The number of hydrogen-bond acceptors (Lipinski definition) is 11. The van der Waals surface area contributed by atoms with Gasteiger partial charge in [0.15, 0.2) is 6.29 Å².